The largest absolute Gasteiger partial charge is 0.386 e. The molecular formula is C10H15BrCl2O. The molecule has 1 nitrogen and oxygen atoms in total. The molecule has 2 aliphatic rings. The Labute approximate surface area is 103 Å². The molecule has 3 atom stereocenters. The van der Waals surface area contributed by atoms with Crippen molar-refractivity contribution < 1.29 is 5.11 Å². The second-order valence-corrected chi connectivity index (χ2v) is 7.39. The Bertz CT molecular complexity index is 234. The van der Waals surface area contributed by atoms with Crippen LogP contribution in [0, 0.1) is 5.92 Å². The fourth-order valence-corrected chi connectivity index (χ4v) is 5.05. The molecule has 0 aromatic carbocycles. The quantitative estimate of drug-likeness (QED) is 0.677. The van der Waals surface area contributed by atoms with Crippen molar-refractivity contribution in [1.29, 1.82) is 0 Å². The van der Waals surface area contributed by atoms with Gasteiger partial charge in [-0.3, -0.25) is 0 Å². The Morgan fingerprint density at radius 3 is 2.71 bits per heavy atom. The Kier molecular flexibility index (Phi) is 3.12. The smallest absolute Gasteiger partial charge is 0.148 e. The van der Waals surface area contributed by atoms with Crippen LogP contribution in [0.15, 0.2) is 0 Å². The first-order chi connectivity index (χ1) is 6.46. The minimum atomic E-state index is -0.968. The van der Waals surface area contributed by atoms with Gasteiger partial charge in [-0.05, 0) is 31.6 Å². The standard InChI is InChI=1S/C10H15BrCl2O/c11-8-5-7-3-1-2-4-9(7,14)10(12,13)6-8/h7-8,14H,1-6H2. The first-order valence-corrected chi connectivity index (χ1v) is 6.87. The van der Waals surface area contributed by atoms with E-state index in [0.29, 0.717) is 11.2 Å². The van der Waals surface area contributed by atoms with Crippen LogP contribution in [-0.2, 0) is 0 Å². The number of alkyl halides is 3. The molecule has 2 saturated carbocycles. The molecule has 1 N–H and O–H groups in total. The molecule has 2 fully saturated rings. The zero-order valence-corrected chi connectivity index (χ0v) is 11.1. The Balaban J connectivity index is 2.26. The van der Waals surface area contributed by atoms with Crippen LogP contribution in [0.3, 0.4) is 0 Å². The number of hydrogen-bond acceptors (Lipinski definition) is 1. The Morgan fingerprint density at radius 1 is 1.29 bits per heavy atom. The molecule has 3 unspecified atom stereocenters. The summed E-state index contributed by atoms with van der Waals surface area (Å²) < 4.78 is -0.968. The summed E-state index contributed by atoms with van der Waals surface area (Å²) in [5, 5.41) is 10.6. The molecule has 14 heavy (non-hydrogen) atoms. The second kappa shape index (κ2) is 3.80. The van der Waals surface area contributed by atoms with Crippen LogP contribution in [0.4, 0.5) is 0 Å². The summed E-state index contributed by atoms with van der Waals surface area (Å²) in [6.45, 7) is 0. The lowest BCUT2D eigenvalue weighted by molar-refractivity contribution is -0.0802. The van der Waals surface area contributed by atoms with Crippen molar-refractivity contribution in [3.63, 3.8) is 0 Å². The predicted octanol–water partition coefficient (Wildman–Crippen LogP) is 3.64. The van der Waals surface area contributed by atoms with Crippen molar-refractivity contribution in [1.82, 2.24) is 0 Å². The number of aliphatic hydroxyl groups is 1. The fourth-order valence-electron chi connectivity index (χ4n) is 2.87. The molecule has 0 aliphatic heterocycles. The van der Waals surface area contributed by atoms with Crippen LogP contribution in [0.1, 0.15) is 38.5 Å². The average Bonchev–Trinajstić information content (AvgIpc) is 2.06. The third-order valence-corrected chi connectivity index (χ3v) is 5.35. The highest BCUT2D eigenvalue weighted by Crippen LogP contribution is 2.55. The van der Waals surface area contributed by atoms with Crippen molar-refractivity contribution in [2.75, 3.05) is 0 Å². The molecular weight excluding hydrogens is 287 g/mol. The van der Waals surface area contributed by atoms with Gasteiger partial charge in [0.2, 0.25) is 0 Å². The number of halogens is 3. The highest BCUT2D eigenvalue weighted by Gasteiger charge is 2.57. The number of rotatable bonds is 0. The molecule has 2 aliphatic carbocycles. The van der Waals surface area contributed by atoms with E-state index >= 15 is 0 Å². The third kappa shape index (κ3) is 1.73. The van der Waals surface area contributed by atoms with E-state index in [1.54, 1.807) is 0 Å². The zero-order chi connectivity index (χ0) is 10.4. The molecule has 0 amide bonds. The summed E-state index contributed by atoms with van der Waals surface area (Å²) >= 11 is 16.1. The summed E-state index contributed by atoms with van der Waals surface area (Å²) in [5.74, 6) is 0.268. The molecule has 0 spiro atoms. The van der Waals surface area contributed by atoms with Gasteiger partial charge in [-0.25, -0.2) is 0 Å². The first-order valence-electron chi connectivity index (χ1n) is 5.20. The van der Waals surface area contributed by atoms with E-state index in [0.717, 1.165) is 25.7 Å². The van der Waals surface area contributed by atoms with Crippen LogP contribution in [0.2, 0.25) is 0 Å². The van der Waals surface area contributed by atoms with Crippen LogP contribution in [0.5, 0.6) is 0 Å². The maximum Gasteiger partial charge on any atom is 0.148 e. The maximum absolute atomic E-state index is 10.6. The van der Waals surface area contributed by atoms with E-state index in [-0.39, 0.29) is 5.92 Å². The zero-order valence-electron chi connectivity index (χ0n) is 7.98. The molecule has 4 heteroatoms. The van der Waals surface area contributed by atoms with Gasteiger partial charge in [-0.15, -0.1) is 0 Å². The number of fused-ring (bicyclic) bond motifs is 1. The minimum absolute atomic E-state index is 0.268. The molecule has 2 rings (SSSR count). The first kappa shape index (κ1) is 11.5. The van der Waals surface area contributed by atoms with E-state index in [9.17, 15) is 5.11 Å². The van der Waals surface area contributed by atoms with Gasteiger partial charge in [0.1, 0.15) is 9.93 Å². The Morgan fingerprint density at radius 2 is 2.00 bits per heavy atom. The van der Waals surface area contributed by atoms with E-state index in [2.05, 4.69) is 15.9 Å². The van der Waals surface area contributed by atoms with Crippen molar-refractivity contribution in [3.05, 3.63) is 0 Å². The van der Waals surface area contributed by atoms with Crippen LogP contribution < -0.4 is 0 Å². The maximum atomic E-state index is 10.6. The molecule has 0 aromatic heterocycles. The Hall–Kier alpha value is 1.02. The van der Waals surface area contributed by atoms with Crippen molar-refractivity contribution in [2.24, 2.45) is 5.92 Å². The summed E-state index contributed by atoms with van der Waals surface area (Å²) in [7, 11) is 0. The van der Waals surface area contributed by atoms with Crippen molar-refractivity contribution in [3.8, 4) is 0 Å². The minimum Gasteiger partial charge on any atom is -0.386 e. The summed E-state index contributed by atoms with van der Waals surface area (Å²) in [5.41, 5.74) is -0.849. The van der Waals surface area contributed by atoms with E-state index < -0.39 is 9.93 Å². The van der Waals surface area contributed by atoms with Crippen LogP contribution in [-0.4, -0.2) is 19.9 Å². The van der Waals surface area contributed by atoms with Gasteiger partial charge in [0.15, 0.2) is 0 Å². The summed E-state index contributed by atoms with van der Waals surface area (Å²) in [6.07, 6.45) is 5.68. The summed E-state index contributed by atoms with van der Waals surface area (Å²) in [6, 6.07) is 0. The van der Waals surface area contributed by atoms with Crippen LogP contribution >= 0.6 is 39.1 Å². The van der Waals surface area contributed by atoms with Crippen molar-refractivity contribution in [2.45, 2.75) is 53.3 Å². The lowest BCUT2D eigenvalue weighted by Gasteiger charge is -2.52. The SMILES string of the molecule is OC12CCCCC1CC(Br)CC2(Cl)Cl. The molecule has 0 heterocycles. The lowest BCUT2D eigenvalue weighted by Crippen LogP contribution is -2.58. The van der Waals surface area contributed by atoms with Gasteiger partial charge in [0.05, 0.1) is 0 Å². The van der Waals surface area contributed by atoms with Crippen LogP contribution in [0.25, 0.3) is 0 Å². The second-order valence-electron chi connectivity index (χ2n) is 4.61. The molecule has 82 valence electrons. The normalized spacial score (nSPS) is 47.1. The lowest BCUT2D eigenvalue weighted by atomic mass is 9.67. The van der Waals surface area contributed by atoms with Gasteiger partial charge >= 0.3 is 0 Å². The predicted molar refractivity (Wildman–Crippen MR) is 63.3 cm³/mol. The molecule has 0 bridgehead atoms. The third-order valence-electron chi connectivity index (χ3n) is 3.69. The molecule has 0 radical (unpaired) electrons. The van der Waals surface area contributed by atoms with E-state index in [4.69, 9.17) is 23.2 Å². The van der Waals surface area contributed by atoms with Gasteiger partial charge < -0.3 is 5.11 Å². The molecule has 0 saturated heterocycles. The number of hydrogen-bond donors (Lipinski definition) is 1. The topological polar surface area (TPSA) is 20.2 Å². The van der Waals surface area contributed by atoms with Gasteiger partial charge in [-0.1, -0.05) is 52.0 Å². The van der Waals surface area contributed by atoms with Crippen molar-refractivity contribution >= 4 is 39.1 Å². The average molecular weight is 302 g/mol. The van der Waals surface area contributed by atoms with E-state index in [1.165, 1.54) is 6.42 Å². The highest BCUT2D eigenvalue weighted by atomic mass is 79.9. The molecule has 0 aromatic rings. The van der Waals surface area contributed by atoms with Gasteiger partial charge in [-0.2, -0.15) is 0 Å². The summed E-state index contributed by atoms with van der Waals surface area (Å²) in [4.78, 5) is 0.348. The highest BCUT2D eigenvalue weighted by molar-refractivity contribution is 9.09. The monoisotopic (exact) mass is 300 g/mol. The fraction of sp³-hybridized carbons (Fsp3) is 1.00. The van der Waals surface area contributed by atoms with Gasteiger partial charge in [0.25, 0.3) is 0 Å². The van der Waals surface area contributed by atoms with E-state index in [1.807, 2.05) is 0 Å². The van der Waals surface area contributed by atoms with Gasteiger partial charge in [0, 0.05) is 4.83 Å².